The number of aliphatic hydroxyl groups excluding tert-OH is 20. The third-order valence-corrected chi connectivity index (χ3v) is 20.1. The van der Waals surface area contributed by atoms with Crippen LogP contribution in [-0.4, -0.2) is 462 Å². The topological polar surface area (TPSA) is 845 Å². The molecule has 0 saturated carbocycles. The highest BCUT2D eigenvalue weighted by molar-refractivity contribution is 5.78. The second-order valence-corrected chi connectivity index (χ2v) is 27.1. The summed E-state index contributed by atoms with van der Waals surface area (Å²) < 4.78 is 104. The van der Waals surface area contributed by atoms with Crippen LogP contribution in [0.25, 0.3) is 0 Å². The number of nitrogens with one attached hydrogen (secondary N) is 1. The smallest absolute Gasteiger partial charge is 0.407 e. The van der Waals surface area contributed by atoms with Crippen LogP contribution in [0.1, 0.15) is 0 Å². The number of carbonyl (C=O) groups is 2. The van der Waals surface area contributed by atoms with Gasteiger partial charge in [0, 0.05) is 6.08 Å². The van der Waals surface area contributed by atoms with Gasteiger partial charge < -0.3 is 244 Å². The number of aliphatic hydroxyl groups is 20. The summed E-state index contributed by atoms with van der Waals surface area (Å²) in [4.78, 5) is 22.1. The molecule has 9 aliphatic heterocycles. The molecule has 0 aromatic carbocycles. The van der Waals surface area contributed by atoms with Gasteiger partial charge >= 0.3 is 12.1 Å². The maximum Gasteiger partial charge on any atom is 0.407 e. The molecular weight excluding hydrogens is 1490 g/mol. The van der Waals surface area contributed by atoms with Crippen molar-refractivity contribution in [3.8, 4) is 0 Å². The Morgan fingerprint density at radius 1 is 0.312 bits per heavy atom. The minimum Gasteiger partial charge on any atom is -0.478 e. The number of nitrogens with two attached hydrogens (primary N) is 8. The van der Waals surface area contributed by atoms with Crippen LogP contribution in [0.4, 0.5) is 4.79 Å². The molecule has 9 fully saturated rings. The number of ether oxygens (including phenoxy) is 18. The molecule has 0 aromatic rings. The molecular formula is C59H107N9O41. The quantitative estimate of drug-likeness (QED) is 0.0340. The van der Waals surface area contributed by atoms with Gasteiger partial charge in [-0.1, -0.05) is 6.58 Å². The SMILES string of the molecule is C=CC(=O)O.COC(=O)N[C@H]1[C@H](O[C@H]2[C@H](O)[C@@H](N)[C@H](O[C@H]3[C@H](O)[C@@H](N)[C@H](O)O[C@@H]3CO)O[C@@H]2CO)O[C@H](CO)[C@@H](O[C@@H]2O[C@H](CO)[C@@H](O[C@@H]3O[C@H](CO)[C@@H](O[C@@H]4O[C@H](CO)[C@@H](O[C@@H]5O[C@H](CO)[C@@H](O[C@@H]6O[C@H](CO)[C@@H](O[C@@H]7O[C@H](CO)[C@@H](O)[C@H](O)[C@H]7N)[C@H](O)[C@H]6N)[C@H](O)[C@H]5N)[C@H](O)[C@H]4N)[C@H](O)[C@H]3N)[C@H](O)[C@H]2N)[C@@H]1O. The van der Waals surface area contributed by atoms with Crippen LogP contribution in [-0.2, 0) is 90.1 Å². The molecule has 1 amide bonds. The molecule has 45 atom stereocenters. The lowest BCUT2D eigenvalue weighted by Gasteiger charge is -2.51. The van der Waals surface area contributed by atoms with E-state index in [4.69, 9.17) is 136 Å². The van der Waals surface area contributed by atoms with Gasteiger partial charge in [0.15, 0.2) is 56.6 Å². The van der Waals surface area contributed by atoms with E-state index in [0.29, 0.717) is 0 Å². The van der Waals surface area contributed by atoms with Gasteiger partial charge in [-0.25, -0.2) is 9.59 Å². The van der Waals surface area contributed by atoms with E-state index in [-0.39, 0.29) is 0 Å². The largest absolute Gasteiger partial charge is 0.478 e. The summed E-state index contributed by atoms with van der Waals surface area (Å²) >= 11 is 0. The van der Waals surface area contributed by atoms with Crippen molar-refractivity contribution in [1.82, 2.24) is 5.32 Å². The van der Waals surface area contributed by atoms with Gasteiger partial charge in [-0.3, -0.25) is 0 Å². The summed E-state index contributed by atoms with van der Waals surface area (Å²) in [6, 6.07) is -14.6. The first-order valence-electron chi connectivity index (χ1n) is 34.5. The van der Waals surface area contributed by atoms with E-state index in [2.05, 4.69) is 11.9 Å². The van der Waals surface area contributed by atoms with Gasteiger partial charge in [0.05, 0.1) is 115 Å². The molecule has 9 rings (SSSR count). The molecule has 9 saturated heterocycles. The van der Waals surface area contributed by atoms with Crippen molar-refractivity contribution in [2.24, 2.45) is 45.9 Å². The normalized spacial score (nSPS) is 49.9. The van der Waals surface area contributed by atoms with Crippen LogP contribution in [0, 0.1) is 0 Å². The van der Waals surface area contributed by atoms with Crippen molar-refractivity contribution >= 4 is 12.1 Å². The van der Waals surface area contributed by atoms with Crippen LogP contribution in [0.15, 0.2) is 12.7 Å². The highest BCUT2D eigenvalue weighted by Gasteiger charge is 2.60. The lowest BCUT2D eigenvalue weighted by molar-refractivity contribution is -0.372. The molecule has 0 bridgehead atoms. The number of hydrogen-bond acceptors (Lipinski definition) is 48. The van der Waals surface area contributed by atoms with Crippen molar-refractivity contribution in [3.05, 3.63) is 12.7 Å². The van der Waals surface area contributed by atoms with Gasteiger partial charge in [-0.2, -0.15) is 0 Å². The number of carboxylic acid groups (broad SMARTS) is 1. The lowest BCUT2D eigenvalue weighted by atomic mass is 9.93. The van der Waals surface area contributed by atoms with Crippen molar-refractivity contribution in [2.75, 3.05) is 66.6 Å². The maximum atomic E-state index is 12.8. The van der Waals surface area contributed by atoms with Gasteiger partial charge in [0.25, 0.3) is 0 Å². The first-order chi connectivity index (χ1) is 51.7. The maximum absolute atomic E-state index is 12.8. The third kappa shape index (κ3) is 20.0. The molecule has 0 radical (unpaired) electrons. The number of carboxylic acids is 1. The zero-order chi connectivity index (χ0) is 80.6. The predicted molar refractivity (Wildman–Crippen MR) is 344 cm³/mol. The first kappa shape index (κ1) is 91.2. The zero-order valence-electron chi connectivity index (χ0n) is 58.3. The van der Waals surface area contributed by atoms with Gasteiger partial charge in [0.1, 0.15) is 171 Å². The van der Waals surface area contributed by atoms with Crippen molar-refractivity contribution < 1.29 is 202 Å². The van der Waals surface area contributed by atoms with Crippen molar-refractivity contribution in [1.29, 1.82) is 0 Å². The van der Waals surface area contributed by atoms with Gasteiger partial charge in [-0.05, 0) is 0 Å². The minimum absolute atomic E-state index is 0.762. The number of rotatable bonds is 27. The van der Waals surface area contributed by atoms with E-state index in [1.165, 1.54) is 0 Å². The van der Waals surface area contributed by atoms with E-state index in [1.54, 1.807) is 0 Å². The average molecular weight is 1600 g/mol. The minimum atomic E-state index is -2.04. The third-order valence-electron chi connectivity index (χ3n) is 20.1. The highest BCUT2D eigenvalue weighted by atomic mass is 16.8. The molecule has 0 aliphatic carbocycles. The molecule has 9 aliphatic rings. The van der Waals surface area contributed by atoms with Crippen LogP contribution < -0.4 is 51.2 Å². The first-order valence-corrected chi connectivity index (χ1v) is 34.5. The zero-order valence-corrected chi connectivity index (χ0v) is 58.3. The Morgan fingerprint density at radius 2 is 0.505 bits per heavy atom. The summed E-state index contributed by atoms with van der Waals surface area (Å²) in [5.74, 6) is -0.981. The number of hydrogen-bond donors (Lipinski definition) is 30. The Balaban J connectivity index is 0.00000289. The molecule has 0 aromatic heterocycles. The van der Waals surface area contributed by atoms with Crippen LogP contribution >= 0.6 is 0 Å². The fourth-order valence-electron chi connectivity index (χ4n) is 13.7. The number of carbonyl (C=O) groups excluding carboxylic acids is 1. The predicted octanol–water partition coefficient (Wildman–Crippen LogP) is -20.3. The second kappa shape index (κ2) is 40.5. The summed E-state index contributed by atoms with van der Waals surface area (Å²) in [6.07, 6.45) is -61.8. The molecule has 50 nitrogen and oxygen atoms in total. The summed E-state index contributed by atoms with van der Waals surface area (Å²) in [5.41, 5.74) is 50.2. The Hall–Kier alpha value is -3.32. The Labute approximate surface area is 618 Å². The van der Waals surface area contributed by atoms with E-state index >= 15 is 0 Å². The van der Waals surface area contributed by atoms with E-state index in [9.17, 15) is 112 Å². The number of aliphatic carboxylic acids is 1. The van der Waals surface area contributed by atoms with Crippen molar-refractivity contribution in [2.45, 2.75) is 276 Å². The molecule has 50 heteroatoms. The lowest BCUT2D eigenvalue weighted by Crippen LogP contribution is -2.71. The van der Waals surface area contributed by atoms with Crippen molar-refractivity contribution in [3.63, 3.8) is 0 Å². The van der Waals surface area contributed by atoms with Gasteiger partial charge in [0.2, 0.25) is 0 Å². The Bertz CT molecular complexity index is 2780. The summed E-state index contributed by atoms with van der Waals surface area (Å²) in [6.45, 7) is -5.28. The van der Waals surface area contributed by atoms with E-state index < -0.39 is 347 Å². The molecule has 634 valence electrons. The van der Waals surface area contributed by atoms with Gasteiger partial charge in [-0.15, -0.1) is 0 Å². The Morgan fingerprint density at radius 3 is 0.734 bits per heavy atom. The fraction of sp³-hybridized carbons (Fsp3) is 0.932. The molecule has 109 heavy (non-hydrogen) atoms. The summed E-state index contributed by atoms with van der Waals surface area (Å²) in [7, 11) is 0.957. The number of alkyl carbamates (subject to hydrolysis) is 1. The fourth-order valence-corrected chi connectivity index (χ4v) is 13.7. The highest BCUT2D eigenvalue weighted by Crippen LogP contribution is 2.39. The van der Waals surface area contributed by atoms with E-state index in [1.807, 2.05) is 0 Å². The second-order valence-electron chi connectivity index (χ2n) is 27.1. The van der Waals surface area contributed by atoms with Crippen LogP contribution in [0.3, 0.4) is 0 Å². The number of amides is 1. The van der Waals surface area contributed by atoms with Crippen LogP contribution in [0.5, 0.6) is 0 Å². The molecule has 38 N–H and O–H groups in total. The number of methoxy groups -OCH3 is 1. The molecule has 0 spiro atoms. The Kier molecular flexibility index (Phi) is 33.9. The monoisotopic (exact) mass is 1600 g/mol. The van der Waals surface area contributed by atoms with E-state index in [0.717, 1.165) is 13.2 Å². The summed E-state index contributed by atoms with van der Waals surface area (Å²) in [5, 5.41) is 226. The standard InChI is InChI=1S/C56H103N9O39.C3H4O2/c1-87-56(86)65-28-38(84)46(19(10-74)96-55(28)104-45-18(9-73)95-49(27(64)37(45)83)97-39-12(3-67)88-47(85)20(57)31(39)77)103-54-26(63)36(82)44(17(8-72)94-54)102-53-25(62)35(81)43(16(7-71)93-53)101-52-24(61)34(80)42(15(6-70)92-52)100-51-23(60)33(79)41(14(5-69)91-51)99-50-22(59)32(78)40(13(4-68)90-50)98-48-21(58)30(76)29(75)11(2-66)89-48;1-2-3(4)5/h11-55,66-85H,2-10,57-64H2,1H3,(H,65,86);2H,1H2,(H,4,5)/t11-,12-,13-,14-,15-,16-,17-,18-,19-,20-,21-,22-,23-,24-,25-,26-,27-,28-,29-,30-,31-,32-,33-,34-,35-,36-,37-,38-,39-,40-,41-,42-,43-,44-,45-,46-,47-,48+,49+,50+,51+,52+,53+,54+,55+;/m1./s1. The average Bonchev–Trinajstić information content (AvgIpc) is 0.775. The molecule has 9 heterocycles. The van der Waals surface area contributed by atoms with Crippen LogP contribution in [0.2, 0.25) is 0 Å². The molecule has 0 unspecified atom stereocenters.